The molecule has 0 radical (unpaired) electrons. The molecule has 0 unspecified atom stereocenters. The van der Waals surface area contributed by atoms with E-state index in [0.717, 1.165) is 18.0 Å². The zero-order valence-corrected chi connectivity index (χ0v) is 24.5. The number of hydrogen-bond donors (Lipinski definition) is 1. The number of amides is 2. The second kappa shape index (κ2) is 12.4. The van der Waals surface area contributed by atoms with Crippen LogP contribution in [0, 0.1) is 0 Å². The molecule has 2 amide bonds. The van der Waals surface area contributed by atoms with Gasteiger partial charge in [0.2, 0.25) is 0 Å². The molecule has 45 heavy (non-hydrogen) atoms. The van der Waals surface area contributed by atoms with Crippen molar-refractivity contribution in [1.29, 1.82) is 0 Å². The number of alkyl halides is 3. The number of carbonyl (C=O) groups excluding carboxylic acids is 2. The Morgan fingerprint density at radius 1 is 0.800 bits per heavy atom. The van der Waals surface area contributed by atoms with Crippen LogP contribution in [-0.4, -0.2) is 48.1 Å². The predicted molar refractivity (Wildman–Crippen MR) is 169 cm³/mol. The summed E-state index contributed by atoms with van der Waals surface area (Å²) >= 11 is 5.36. The number of carbonyl (C=O) groups is 2. The van der Waals surface area contributed by atoms with Gasteiger partial charge < -0.3 is 14.5 Å². The molecular formula is C33H26F3N5O3S. The standard InChI is InChI=1S/C33H26F3N5O3S/c34-33(35,36)23-10-15-29(37-21-23)40-18-16-39(17-19-40)28-9-5-4-6-22(28)20-27-30(42)38-32(45)41(31(27)43)24-11-13-26(14-12-24)44-25-7-2-1-3-8-25/h1-15,20-21H,16-19H2,(H,38,42,45). The van der Waals surface area contributed by atoms with Crippen molar-refractivity contribution in [2.45, 2.75) is 6.18 Å². The van der Waals surface area contributed by atoms with Crippen molar-refractivity contribution in [3.63, 3.8) is 0 Å². The Kier molecular flexibility index (Phi) is 8.22. The Morgan fingerprint density at radius 3 is 2.11 bits per heavy atom. The normalized spacial score (nSPS) is 16.6. The lowest BCUT2D eigenvalue weighted by Crippen LogP contribution is -2.54. The molecule has 4 aromatic rings. The number of thiocarbonyl (C=S) groups is 1. The first kappa shape index (κ1) is 29.8. The van der Waals surface area contributed by atoms with Gasteiger partial charge in [0.1, 0.15) is 22.9 Å². The van der Waals surface area contributed by atoms with Gasteiger partial charge >= 0.3 is 6.18 Å². The van der Waals surface area contributed by atoms with Crippen LogP contribution in [0.25, 0.3) is 6.08 Å². The zero-order valence-electron chi connectivity index (χ0n) is 23.7. The van der Waals surface area contributed by atoms with E-state index in [1.165, 1.54) is 11.0 Å². The number of halogens is 3. The summed E-state index contributed by atoms with van der Waals surface area (Å²) in [6, 6.07) is 25.9. The van der Waals surface area contributed by atoms with Gasteiger partial charge in [0.25, 0.3) is 11.8 Å². The minimum absolute atomic E-state index is 0.0276. The van der Waals surface area contributed by atoms with Crippen LogP contribution in [0.1, 0.15) is 11.1 Å². The zero-order chi connectivity index (χ0) is 31.6. The van der Waals surface area contributed by atoms with Crippen LogP contribution in [-0.2, 0) is 15.8 Å². The molecule has 228 valence electrons. The molecule has 1 aromatic heterocycles. The molecule has 3 aromatic carbocycles. The molecule has 12 heteroatoms. The summed E-state index contributed by atoms with van der Waals surface area (Å²) in [6.07, 6.45) is -2.04. The average Bonchev–Trinajstić information content (AvgIpc) is 3.04. The fraction of sp³-hybridized carbons (Fsp3) is 0.152. The van der Waals surface area contributed by atoms with Gasteiger partial charge in [0, 0.05) is 38.1 Å². The molecule has 0 aliphatic carbocycles. The van der Waals surface area contributed by atoms with Crippen LogP contribution in [0.4, 0.5) is 30.4 Å². The molecule has 8 nitrogen and oxygen atoms in total. The molecule has 0 bridgehead atoms. The fourth-order valence-corrected chi connectivity index (χ4v) is 5.43. The topological polar surface area (TPSA) is 78.0 Å². The molecule has 3 heterocycles. The summed E-state index contributed by atoms with van der Waals surface area (Å²) in [5.74, 6) is 0.553. The highest BCUT2D eigenvalue weighted by atomic mass is 32.1. The number of benzene rings is 3. The number of nitrogens with zero attached hydrogens (tertiary/aromatic N) is 4. The summed E-state index contributed by atoms with van der Waals surface area (Å²) in [4.78, 5) is 36.0. The number of anilines is 3. The largest absolute Gasteiger partial charge is 0.457 e. The smallest absolute Gasteiger partial charge is 0.417 e. The van der Waals surface area contributed by atoms with Crippen molar-refractivity contribution in [1.82, 2.24) is 10.3 Å². The predicted octanol–water partition coefficient (Wildman–Crippen LogP) is 6.05. The molecule has 2 fully saturated rings. The van der Waals surface area contributed by atoms with Crippen LogP contribution in [0.5, 0.6) is 11.5 Å². The number of ether oxygens (including phenoxy) is 1. The third-order valence-electron chi connectivity index (χ3n) is 7.43. The lowest BCUT2D eigenvalue weighted by Gasteiger charge is -2.37. The highest BCUT2D eigenvalue weighted by Crippen LogP contribution is 2.31. The van der Waals surface area contributed by atoms with Gasteiger partial charge in [0.15, 0.2) is 5.11 Å². The van der Waals surface area contributed by atoms with E-state index in [1.807, 2.05) is 59.5 Å². The van der Waals surface area contributed by atoms with E-state index in [1.54, 1.807) is 30.3 Å². The minimum Gasteiger partial charge on any atom is -0.457 e. The van der Waals surface area contributed by atoms with Crippen molar-refractivity contribution in [3.05, 3.63) is 114 Å². The molecule has 2 aliphatic rings. The first-order chi connectivity index (χ1) is 21.7. The molecule has 1 N–H and O–H groups in total. The maximum atomic E-state index is 13.7. The highest BCUT2D eigenvalue weighted by Gasteiger charge is 2.35. The molecular weight excluding hydrogens is 603 g/mol. The van der Waals surface area contributed by atoms with E-state index in [4.69, 9.17) is 17.0 Å². The van der Waals surface area contributed by atoms with Gasteiger partial charge in [-0.3, -0.25) is 19.8 Å². The number of rotatable bonds is 6. The first-order valence-corrected chi connectivity index (χ1v) is 14.4. The maximum absolute atomic E-state index is 13.7. The van der Waals surface area contributed by atoms with E-state index >= 15 is 0 Å². The number of piperazine rings is 1. The van der Waals surface area contributed by atoms with Crippen LogP contribution in [0.3, 0.4) is 0 Å². The van der Waals surface area contributed by atoms with Crippen molar-refractivity contribution >= 4 is 52.4 Å². The molecule has 2 aliphatic heterocycles. The quantitative estimate of drug-likeness (QED) is 0.158. The molecule has 0 atom stereocenters. The van der Waals surface area contributed by atoms with Gasteiger partial charge in [-0.15, -0.1) is 0 Å². The third kappa shape index (κ3) is 6.50. The summed E-state index contributed by atoms with van der Waals surface area (Å²) < 4.78 is 44.7. The summed E-state index contributed by atoms with van der Waals surface area (Å²) in [5.41, 5.74) is 1.08. The van der Waals surface area contributed by atoms with Crippen LogP contribution in [0.15, 0.2) is 103 Å². The fourth-order valence-electron chi connectivity index (χ4n) is 5.15. The SMILES string of the molecule is O=C1NC(=S)N(c2ccc(Oc3ccccc3)cc2)C(=O)C1=Cc1ccccc1N1CCN(c2ccc(C(F)(F)F)cn2)CC1. The second-order valence-corrected chi connectivity index (χ2v) is 10.7. The number of aromatic nitrogens is 1. The third-order valence-corrected chi connectivity index (χ3v) is 7.72. The van der Waals surface area contributed by atoms with Gasteiger partial charge in [-0.2, -0.15) is 13.2 Å². The van der Waals surface area contributed by atoms with E-state index in [2.05, 4.69) is 15.2 Å². The van der Waals surface area contributed by atoms with Gasteiger partial charge in [-0.1, -0.05) is 36.4 Å². The van der Waals surface area contributed by atoms with E-state index < -0.39 is 23.6 Å². The number of hydrogen-bond acceptors (Lipinski definition) is 7. The molecule has 0 spiro atoms. The lowest BCUT2D eigenvalue weighted by molar-refractivity contribution is -0.137. The van der Waals surface area contributed by atoms with Gasteiger partial charge in [-0.25, -0.2) is 4.98 Å². The highest BCUT2D eigenvalue weighted by molar-refractivity contribution is 7.80. The average molecular weight is 630 g/mol. The Labute approximate surface area is 262 Å². The van der Waals surface area contributed by atoms with Crippen LogP contribution >= 0.6 is 12.2 Å². The Morgan fingerprint density at radius 2 is 1.44 bits per heavy atom. The Hall–Kier alpha value is -5.23. The van der Waals surface area contributed by atoms with E-state index in [0.29, 0.717) is 54.7 Å². The Bertz CT molecular complexity index is 1760. The van der Waals surface area contributed by atoms with E-state index in [-0.39, 0.29) is 10.7 Å². The molecule has 6 rings (SSSR count). The minimum atomic E-state index is -4.44. The van der Waals surface area contributed by atoms with Gasteiger partial charge in [-0.05, 0) is 78.5 Å². The Balaban J connectivity index is 1.18. The van der Waals surface area contributed by atoms with Crippen LogP contribution < -0.4 is 24.8 Å². The monoisotopic (exact) mass is 629 g/mol. The number of nitrogens with one attached hydrogen (secondary N) is 1. The van der Waals surface area contributed by atoms with Crippen molar-refractivity contribution in [2.75, 3.05) is 40.9 Å². The van der Waals surface area contributed by atoms with Gasteiger partial charge in [0.05, 0.1) is 11.3 Å². The van der Waals surface area contributed by atoms with Crippen molar-refractivity contribution < 1.29 is 27.5 Å². The summed E-state index contributed by atoms with van der Waals surface area (Å²) in [7, 11) is 0. The number of para-hydroxylation sites is 2. The lowest BCUT2D eigenvalue weighted by atomic mass is 10.0. The van der Waals surface area contributed by atoms with Crippen molar-refractivity contribution in [3.8, 4) is 11.5 Å². The first-order valence-electron chi connectivity index (χ1n) is 14.0. The second-order valence-electron chi connectivity index (χ2n) is 10.3. The maximum Gasteiger partial charge on any atom is 0.417 e. The van der Waals surface area contributed by atoms with E-state index in [9.17, 15) is 22.8 Å². The van der Waals surface area contributed by atoms with Crippen LogP contribution in [0.2, 0.25) is 0 Å². The van der Waals surface area contributed by atoms with Crippen molar-refractivity contribution in [2.24, 2.45) is 0 Å². The summed E-state index contributed by atoms with van der Waals surface area (Å²) in [6.45, 7) is 2.15. The number of pyridine rings is 1. The molecule has 2 saturated heterocycles. The summed E-state index contributed by atoms with van der Waals surface area (Å²) in [5, 5.41) is 2.59. The molecule has 0 saturated carbocycles.